The van der Waals surface area contributed by atoms with Crippen LogP contribution in [-0.4, -0.2) is 30.4 Å². The van der Waals surface area contributed by atoms with Crippen molar-refractivity contribution in [2.24, 2.45) is 0 Å². The quantitative estimate of drug-likeness (QED) is 0.792. The monoisotopic (exact) mass is 260 g/mol. The number of carbonyl (C=O) groups excluding carboxylic acids is 1. The van der Waals surface area contributed by atoms with Crippen LogP contribution in [-0.2, 0) is 16.0 Å². The molecule has 18 heavy (non-hydrogen) atoms. The van der Waals surface area contributed by atoms with Gasteiger partial charge in [-0.2, -0.15) is 8.78 Å². The van der Waals surface area contributed by atoms with Gasteiger partial charge in [0.05, 0.1) is 6.61 Å². The van der Waals surface area contributed by atoms with Gasteiger partial charge in [-0.25, -0.2) is 4.79 Å². The van der Waals surface area contributed by atoms with E-state index in [-0.39, 0.29) is 19.0 Å². The molecule has 0 saturated heterocycles. The molecule has 0 fully saturated rings. The maximum absolute atomic E-state index is 13.2. The second-order valence-electron chi connectivity index (χ2n) is 3.46. The van der Waals surface area contributed by atoms with Crippen LogP contribution >= 0.6 is 0 Å². The summed E-state index contributed by atoms with van der Waals surface area (Å²) in [5, 5.41) is 8.69. The van der Waals surface area contributed by atoms with E-state index in [4.69, 9.17) is 5.11 Å². The van der Waals surface area contributed by atoms with E-state index in [1.807, 2.05) is 0 Å². The van der Waals surface area contributed by atoms with Crippen molar-refractivity contribution in [2.75, 3.05) is 13.2 Å². The Balaban J connectivity index is 2.68. The van der Waals surface area contributed by atoms with Crippen LogP contribution in [0.25, 0.3) is 0 Å². The lowest BCUT2D eigenvalue weighted by atomic mass is 10.1. The van der Waals surface area contributed by atoms with Crippen LogP contribution in [0.15, 0.2) is 24.3 Å². The molecule has 0 atom stereocenters. The van der Waals surface area contributed by atoms with Crippen molar-refractivity contribution in [2.45, 2.75) is 19.5 Å². The number of benzene rings is 1. The van der Waals surface area contributed by atoms with Gasteiger partial charge >= 0.3 is 12.1 Å². The molecule has 0 bridgehead atoms. The Labute approximate surface area is 103 Å². The first kappa shape index (κ1) is 14.4. The number of halogens is 2. The highest BCUT2D eigenvalue weighted by Gasteiger charge is 2.44. The standard InChI is InChI=1S/C12H14F2O4/c1-2-17-11(16)12(13,14)18-10-5-3-9(4-6-10)7-8-15/h3-6,15H,2,7-8H2,1H3. The number of aliphatic hydroxyl groups is 1. The van der Waals surface area contributed by atoms with E-state index < -0.39 is 12.1 Å². The van der Waals surface area contributed by atoms with E-state index in [0.29, 0.717) is 6.42 Å². The molecule has 0 spiro atoms. The summed E-state index contributed by atoms with van der Waals surface area (Å²) in [6.07, 6.45) is -3.58. The lowest BCUT2D eigenvalue weighted by molar-refractivity contribution is -0.216. The zero-order valence-electron chi connectivity index (χ0n) is 9.86. The molecule has 1 N–H and O–H groups in total. The van der Waals surface area contributed by atoms with Gasteiger partial charge in [0.15, 0.2) is 0 Å². The Bertz CT molecular complexity index is 390. The average molecular weight is 260 g/mol. The molecule has 0 heterocycles. The fraction of sp³-hybridized carbons (Fsp3) is 0.417. The van der Waals surface area contributed by atoms with Gasteiger partial charge < -0.3 is 14.6 Å². The van der Waals surface area contributed by atoms with E-state index in [0.717, 1.165) is 5.56 Å². The predicted octanol–water partition coefficient (Wildman–Crippen LogP) is 1.76. The average Bonchev–Trinajstić information content (AvgIpc) is 2.32. The highest BCUT2D eigenvalue weighted by atomic mass is 19.3. The van der Waals surface area contributed by atoms with Crippen LogP contribution < -0.4 is 4.74 Å². The first-order chi connectivity index (χ1) is 8.49. The SMILES string of the molecule is CCOC(=O)C(F)(F)Oc1ccc(CCO)cc1. The zero-order chi connectivity index (χ0) is 13.6. The predicted molar refractivity (Wildman–Crippen MR) is 59.4 cm³/mol. The van der Waals surface area contributed by atoms with Gasteiger partial charge in [-0.3, -0.25) is 0 Å². The normalized spacial score (nSPS) is 11.1. The first-order valence-electron chi connectivity index (χ1n) is 5.43. The van der Waals surface area contributed by atoms with Gasteiger partial charge in [0.25, 0.3) is 0 Å². The molecule has 4 nitrogen and oxygen atoms in total. The second kappa shape index (κ2) is 6.30. The Morgan fingerprint density at radius 1 is 1.33 bits per heavy atom. The van der Waals surface area contributed by atoms with Crippen molar-refractivity contribution in [1.82, 2.24) is 0 Å². The number of carbonyl (C=O) groups is 1. The topological polar surface area (TPSA) is 55.8 Å². The van der Waals surface area contributed by atoms with Gasteiger partial charge in [0.2, 0.25) is 0 Å². The first-order valence-corrected chi connectivity index (χ1v) is 5.43. The van der Waals surface area contributed by atoms with E-state index in [9.17, 15) is 13.6 Å². The van der Waals surface area contributed by atoms with Gasteiger partial charge in [-0.15, -0.1) is 0 Å². The van der Waals surface area contributed by atoms with Crippen molar-refractivity contribution in [1.29, 1.82) is 0 Å². The molecule has 1 rings (SSSR count). The van der Waals surface area contributed by atoms with Crippen LogP contribution in [0.2, 0.25) is 0 Å². The maximum Gasteiger partial charge on any atom is 0.502 e. The van der Waals surface area contributed by atoms with Crippen LogP contribution in [0.1, 0.15) is 12.5 Å². The summed E-state index contributed by atoms with van der Waals surface area (Å²) in [7, 11) is 0. The third-order valence-electron chi connectivity index (χ3n) is 2.08. The summed E-state index contributed by atoms with van der Waals surface area (Å²) in [6, 6.07) is 5.68. The van der Waals surface area contributed by atoms with Crippen LogP contribution in [0.4, 0.5) is 8.78 Å². The Kier molecular flexibility index (Phi) is 5.03. The molecule has 1 aromatic carbocycles. The second-order valence-corrected chi connectivity index (χ2v) is 3.46. The molecular weight excluding hydrogens is 246 g/mol. The molecule has 0 aliphatic rings. The molecule has 0 aromatic heterocycles. The van der Waals surface area contributed by atoms with Crippen molar-refractivity contribution in [3.8, 4) is 5.75 Å². The minimum Gasteiger partial charge on any atom is -0.459 e. The lowest BCUT2D eigenvalue weighted by Gasteiger charge is -2.16. The largest absolute Gasteiger partial charge is 0.502 e. The number of hydrogen-bond donors (Lipinski definition) is 1. The summed E-state index contributed by atoms with van der Waals surface area (Å²) >= 11 is 0. The zero-order valence-corrected chi connectivity index (χ0v) is 9.86. The number of rotatable bonds is 6. The van der Waals surface area contributed by atoms with Crippen molar-refractivity contribution >= 4 is 5.97 Å². The van der Waals surface area contributed by atoms with Gasteiger partial charge in [0.1, 0.15) is 5.75 Å². The summed E-state index contributed by atoms with van der Waals surface area (Å²) in [5.74, 6) is -1.86. The van der Waals surface area contributed by atoms with E-state index in [1.165, 1.54) is 31.2 Å². The molecule has 0 aliphatic carbocycles. The third kappa shape index (κ3) is 3.96. The van der Waals surface area contributed by atoms with Gasteiger partial charge in [-0.05, 0) is 31.0 Å². The van der Waals surface area contributed by atoms with E-state index in [2.05, 4.69) is 9.47 Å². The van der Waals surface area contributed by atoms with E-state index in [1.54, 1.807) is 0 Å². The van der Waals surface area contributed by atoms with Gasteiger partial charge in [0, 0.05) is 6.61 Å². The summed E-state index contributed by atoms with van der Waals surface area (Å²) in [4.78, 5) is 10.9. The van der Waals surface area contributed by atoms with Crippen LogP contribution in [0.5, 0.6) is 5.75 Å². The Hall–Kier alpha value is -1.69. The fourth-order valence-corrected chi connectivity index (χ4v) is 1.26. The van der Waals surface area contributed by atoms with Crippen molar-refractivity contribution < 1.29 is 28.2 Å². The number of esters is 1. The molecule has 1 aromatic rings. The molecule has 100 valence electrons. The Morgan fingerprint density at radius 3 is 2.44 bits per heavy atom. The lowest BCUT2D eigenvalue weighted by Crippen LogP contribution is -2.36. The molecule has 0 amide bonds. The Morgan fingerprint density at radius 2 is 1.94 bits per heavy atom. The molecule has 0 unspecified atom stereocenters. The fourth-order valence-electron chi connectivity index (χ4n) is 1.26. The minimum absolute atomic E-state index is 0.0286. The molecule has 6 heteroatoms. The van der Waals surface area contributed by atoms with Crippen LogP contribution in [0, 0.1) is 0 Å². The third-order valence-corrected chi connectivity index (χ3v) is 2.08. The van der Waals surface area contributed by atoms with Crippen molar-refractivity contribution in [3.05, 3.63) is 29.8 Å². The summed E-state index contributed by atoms with van der Waals surface area (Å²) < 4.78 is 34.9. The summed E-state index contributed by atoms with van der Waals surface area (Å²) in [6.45, 7) is 1.25. The van der Waals surface area contributed by atoms with E-state index >= 15 is 0 Å². The molecular formula is C12H14F2O4. The van der Waals surface area contributed by atoms with Crippen molar-refractivity contribution in [3.63, 3.8) is 0 Å². The number of hydrogen-bond acceptors (Lipinski definition) is 4. The molecule has 0 radical (unpaired) electrons. The minimum atomic E-state index is -4.01. The maximum atomic E-state index is 13.2. The summed E-state index contributed by atoms with van der Waals surface area (Å²) in [5.41, 5.74) is 0.782. The molecule has 0 aliphatic heterocycles. The smallest absolute Gasteiger partial charge is 0.459 e. The number of aliphatic hydroxyl groups excluding tert-OH is 1. The molecule has 0 saturated carbocycles. The highest BCUT2D eigenvalue weighted by Crippen LogP contribution is 2.23. The number of alkyl halides is 2. The van der Waals surface area contributed by atoms with Crippen LogP contribution in [0.3, 0.4) is 0 Å². The highest BCUT2D eigenvalue weighted by molar-refractivity contribution is 5.76. The van der Waals surface area contributed by atoms with Gasteiger partial charge in [-0.1, -0.05) is 12.1 Å². The number of ether oxygens (including phenoxy) is 2.